The fourth-order valence-electron chi connectivity index (χ4n) is 2.74. The Bertz CT molecular complexity index is 475. The molecule has 0 spiro atoms. The zero-order valence-corrected chi connectivity index (χ0v) is 12.8. The van der Waals surface area contributed by atoms with E-state index >= 15 is 0 Å². The summed E-state index contributed by atoms with van der Waals surface area (Å²) in [6, 6.07) is 7.70. The molecule has 0 radical (unpaired) electrons. The van der Waals surface area contributed by atoms with Gasteiger partial charge in [-0.2, -0.15) is 5.26 Å². The molecule has 0 aliphatic carbocycles. The Morgan fingerprint density at radius 2 is 2.35 bits per heavy atom. The molecular weight excluding hydrogens is 270 g/mol. The molecule has 1 aromatic rings. The molecule has 1 unspecified atom stereocenters. The van der Waals surface area contributed by atoms with Crippen molar-refractivity contribution in [2.24, 2.45) is 5.92 Å². The maximum Gasteiger partial charge on any atom is 0.0992 e. The molecule has 3 nitrogen and oxygen atoms in total. The zero-order valence-electron chi connectivity index (χ0n) is 12.0. The van der Waals surface area contributed by atoms with Crippen LogP contribution in [-0.2, 0) is 6.54 Å². The summed E-state index contributed by atoms with van der Waals surface area (Å²) >= 11 is 6.26. The van der Waals surface area contributed by atoms with Crippen LogP contribution in [0.2, 0.25) is 5.02 Å². The number of hydrogen-bond donors (Lipinski definition) is 1. The predicted molar refractivity (Wildman–Crippen MR) is 82.7 cm³/mol. The zero-order chi connectivity index (χ0) is 14.4. The van der Waals surface area contributed by atoms with E-state index in [0.717, 1.165) is 44.2 Å². The average molecular weight is 292 g/mol. The molecule has 108 valence electrons. The molecule has 0 saturated carbocycles. The molecule has 1 aliphatic rings. The van der Waals surface area contributed by atoms with Crippen molar-refractivity contribution in [2.75, 3.05) is 26.2 Å². The molecule has 1 atom stereocenters. The monoisotopic (exact) mass is 291 g/mol. The van der Waals surface area contributed by atoms with E-state index in [1.165, 1.54) is 12.8 Å². The standard InChI is InChI=1S/C16H22ClN3/c1-2-20(11-14-4-3-7-19-10-14)12-15-6-5-13(9-18)8-16(15)17/h5-6,8,14,19H,2-4,7,10-12H2,1H3. The number of nitrogens with zero attached hydrogens (tertiary/aromatic N) is 2. The lowest BCUT2D eigenvalue weighted by Gasteiger charge is -2.29. The van der Waals surface area contributed by atoms with Crippen LogP contribution in [0.5, 0.6) is 0 Å². The van der Waals surface area contributed by atoms with Crippen LogP contribution in [0.25, 0.3) is 0 Å². The van der Waals surface area contributed by atoms with Gasteiger partial charge in [-0.25, -0.2) is 0 Å². The topological polar surface area (TPSA) is 39.1 Å². The quantitative estimate of drug-likeness (QED) is 0.906. The summed E-state index contributed by atoms with van der Waals surface area (Å²) in [7, 11) is 0. The smallest absolute Gasteiger partial charge is 0.0992 e. The first-order chi connectivity index (χ1) is 9.72. The van der Waals surface area contributed by atoms with Gasteiger partial charge in [-0.15, -0.1) is 0 Å². The normalized spacial score (nSPS) is 19.0. The minimum atomic E-state index is 0.623. The van der Waals surface area contributed by atoms with E-state index in [-0.39, 0.29) is 0 Å². The number of hydrogen-bond acceptors (Lipinski definition) is 3. The number of nitrogens with one attached hydrogen (secondary N) is 1. The molecule has 20 heavy (non-hydrogen) atoms. The molecule has 0 aromatic heterocycles. The van der Waals surface area contributed by atoms with Gasteiger partial charge < -0.3 is 5.32 Å². The van der Waals surface area contributed by atoms with Gasteiger partial charge in [0.25, 0.3) is 0 Å². The van der Waals surface area contributed by atoms with Crippen molar-refractivity contribution in [3.8, 4) is 6.07 Å². The van der Waals surface area contributed by atoms with E-state index in [1.807, 2.05) is 12.1 Å². The Morgan fingerprint density at radius 1 is 1.50 bits per heavy atom. The van der Waals surface area contributed by atoms with E-state index < -0.39 is 0 Å². The summed E-state index contributed by atoms with van der Waals surface area (Å²) in [5, 5.41) is 13.0. The Kier molecular flexibility index (Phi) is 5.85. The highest BCUT2D eigenvalue weighted by molar-refractivity contribution is 6.31. The van der Waals surface area contributed by atoms with Crippen molar-refractivity contribution < 1.29 is 0 Å². The lowest BCUT2D eigenvalue weighted by molar-refractivity contribution is 0.210. The molecule has 0 amide bonds. The maximum absolute atomic E-state index is 8.87. The van der Waals surface area contributed by atoms with Crippen molar-refractivity contribution >= 4 is 11.6 Å². The van der Waals surface area contributed by atoms with Gasteiger partial charge >= 0.3 is 0 Å². The molecule has 4 heteroatoms. The molecule has 1 saturated heterocycles. The van der Waals surface area contributed by atoms with Gasteiger partial charge in [0, 0.05) is 18.1 Å². The van der Waals surface area contributed by atoms with Crippen LogP contribution >= 0.6 is 11.6 Å². The summed E-state index contributed by atoms with van der Waals surface area (Å²) in [5.74, 6) is 0.737. The molecule has 1 fully saturated rings. The van der Waals surface area contributed by atoms with Crippen molar-refractivity contribution in [1.29, 1.82) is 5.26 Å². The van der Waals surface area contributed by atoms with E-state index in [1.54, 1.807) is 6.07 Å². The predicted octanol–water partition coefficient (Wildman–Crippen LogP) is 3.03. The maximum atomic E-state index is 8.87. The summed E-state index contributed by atoms with van der Waals surface area (Å²) in [6.45, 7) is 7.46. The Hall–Kier alpha value is -1.08. The largest absolute Gasteiger partial charge is 0.316 e. The summed E-state index contributed by atoms with van der Waals surface area (Å²) in [6.07, 6.45) is 2.59. The summed E-state index contributed by atoms with van der Waals surface area (Å²) in [5.41, 5.74) is 1.73. The van der Waals surface area contributed by atoms with Crippen LogP contribution in [-0.4, -0.2) is 31.1 Å². The van der Waals surface area contributed by atoms with E-state index in [0.29, 0.717) is 10.6 Å². The van der Waals surface area contributed by atoms with Crippen molar-refractivity contribution in [2.45, 2.75) is 26.3 Å². The second-order valence-electron chi connectivity index (χ2n) is 5.46. The minimum absolute atomic E-state index is 0.623. The highest BCUT2D eigenvalue weighted by Gasteiger charge is 2.17. The lowest BCUT2D eigenvalue weighted by atomic mass is 9.99. The Labute approximate surface area is 126 Å². The molecule has 0 bridgehead atoms. The van der Waals surface area contributed by atoms with E-state index in [9.17, 15) is 0 Å². The van der Waals surface area contributed by atoms with E-state index in [4.69, 9.17) is 16.9 Å². The molecule has 1 heterocycles. The fraction of sp³-hybridized carbons (Fsp3) is 0.562. The van der Waals surface area contributed by atoms with Gasteiger partial charge in [0.1, 0.15) is 0 Å². The third-order valence-electron chi connectivity index (χ3n) is 3.94. The van der Waals surface area contributed by atoms with Crippen molar-refractivity contribution in [1.82, 2.24) is 10.2 Å². The number of benzene rings is 1. The number of nitriles is 1. The molecule has 1 aliphatic heterocycles. The van der Waals surface area contributed by atoms with Crippen LogP contribution in [0.1, 0.15) is 30.9 Å². The summed E-state index contributed by atoms with van der Waals surface area (Å²) < 4.78 is 0. The van der Waals surface area contributed by atoms with Gasteiger partial charge in [-0.1, -0.05) is 24.6 Å². The van der Waals surface area contributed by atoms with Gasteiger partial charge in [-0.05, 0) is 56.1 Å². The van der Waals surface area contributed by atoms with Crippen LogP contribution in [0.4, 0.5) is 0 Å². The highest BCUT2D eigenvalue weighted by Crippen LogP contribution is 2.20. The van der Waals surface area contributed by atoms with E-state index in [2.05, 4.69) is 23.2 Å². The number of piperidine rings is 1. The first kappa shape index (κ1) is 15.3. The molecule has 2 rings (SSSR count). The minimum Gasteiger partial charge on any atom is -0.316 e. The fourth-order valence-corrected chi connectivity index (χ4v) is 2.98. The van der Waals surface area contributed by atoms with Crippen LogP contribution in [0, 0.1) is 17.2 Å². The summed E-state index contributed by atoms with van der Waals surface area (Å²) in [4.78, 5) is 2.44. The second-order valence-corrected chi connectivity index (χ2v) is 5.87. The SMILES string of the molecule is CCN(Cc1ccc(C#N)cc1Cl)CC1CCCNC1. The highest BCUT2D eigenvalue weighted by atomic mass is 35.5. The van der Waals surface area contributed by atoms with Gasteiger partial charge in [-0.3, -0.25) is 4.90 Å². The second kappa shape index (κ2) is 7.64. The average Bonchev–Trinajstić information content (AvgIpc) is 2.49. The number of rotatable bonds is 5. The van der Waals surface area contributed by atoms with Crippen LogP contribution < -0.4 is 5.32 Å². The van der Waals surface area contributed by atoms with Crippen LogP contribution in [0.3, 0.4) is 0 Å². The van der Waals surface area contributed by atoms with Crippen molar-refractivity contribution in [3.05, 3.63) is 34.3 Å². The molecular formula is C16H22ClN3. The van der Waals surface area contributed by atoms with Gasteiger partial charge in [0.05, 0.1) is 11.6 Å². The lowest BCUT2D eigenvalue weighted by Crippen LogP contribution is -2.38. The van der Waals surface area contributed by atoms with Gasteiger partial charge in [0.15, 0.2) is 0 Å². The first-order valence-corrected chi connectivity index (χ1v) is 7.72. The molecule has 1 N–H and O–H groups in total. The van der Waals surface area contributed by atoms with Crippen LogP contribution in [0.15, 0.2) is 18.2 Å². The van der Waals surface area contributed by atoms with Gasteiger partial charge in [0.2, 0.25) is 0 Å². The third kappa shape index (κ3) is 4.21. The Morgan fingerprint density at radius 3 is 2.95 bits per heavy atom. The first-order valence-electron chi connectivity index (χ1n) is 7.34. The van der Waals surface area contributed by atoms with Crippen molar-refractivity contribution in [3.63, 3.8) is 0 Å². The Balaban J connectivity index is 1.97. The third-order valence-corrected chi connectivity index (χ3v) is 4.29. The molecule has 1 aromatic carbocycles. The number of halogens is 1.